The fourth-order valence-corrected chi connectivity index (χ4v) is 3.18. The highest BCUT2D eigenvalue weighted by Gasteiger charge is 2.20. The van der Waals surface area contributed by atoms with Crippen molar-refractivity contribution in [3.8, 4) is 22.8 Å². The maximum atomic E-state index is 12.9. The standard InChI is InChI=1S/C22H21N3O5/c1-25-13-17(21(26)23-16-7-4-14(5-8-16)22(27)28-2)20(24-25)15-6-9-18-19(12-15)30-11-3-10-29-18/h4-9,12-13H,3,10-11H2,1-2H3,(H,23,26). The van der Waals surface area contributed by atoms with Gasteiger partial charge >= 0.3 is 5.97 Å². The van der Waals surface area contributed by atoms with Gasteiger partial charge in [0.15, 0.2) is 11.5 Å². The lowest BCUT2D eigenvalue weighted by Gasteiger charge is -2.10. The molecule has 0 saturated carbocycles. The van der Waals surface area contributed by atoms with Crippen LogP contribution in [0.2, 0.25) is 0 Å². The number of hydrogen-bond donors (Lipinski definition) is 1. The van der Waals surface area contributed by atoms with Gasteiger partial charge in [0, 0.05) is 30.9 Å². The molecule has 154 valence electrons. The Hall–Kier alpha value is -3.81. The van der Waals surface area contributed by atoms with Crippen LogP contribution in [0.5, 0.6) is 11.5 Å². The zero-order valence-electron chi connectivity index (χ0n) is 16.7. The molecule has 3 aromatic rings. The summed E-state index contributed by atoms with van der Waals surface area (Å²) < 4.78 is 17.7. The maximum Gasteiger partial charge on any atom is 0.337 e. The Morgan fingerprint density at radius 2 is 1.80 bits per heavy atom. The van der Waals surface area contributed by atoms with Crippen LogP contribution >= 0.6 is 0 Å². The van der Waals surface area contributed by atoms with Crippen molar-refractivity contribution in [2.24, 2.45) is 7.05 Å². The van der Waals surface area contributed by atoms with Gasteiger partial charge < -0.3 is 19.5 Å². The van der Waals surface area contributed by atoms with E-state index in [0.29, 0.717) is 47.2 Å². The van der Waals surface area contributed by atoms with Crippen molar-refractivity contribution in [1.82, 2.24) is 9.78 Å². The molecule has 2 aromatic carbocycles. The number of aromatic nitrogens is 2. The second-order valence-corrected chi connectivity index (χ2v) is 6.80. The van der Waals surface area contributed by atoms with E-state index >= 15 is 0 Å². The minimum absolute atomic E-state index is 0.309. The van der Waals surface area contributed by atoms with Crippen LogP contribution in [0, 0.1) is 0 Å². The third kappa shape index (κ3) is 3.98. The molecule has 1 aliphatic heterocycles. The predicted molar refractivity (Wildman–Crippen MR) is 110 cm³/mol. The van der Waals surface area contributed by atoms with Crippen molar-refractivity contribution in [1.29, 1.82) is 0 Å². The number of aryl methyl sites for hydroxylation is 1. The number of methoxy groups -OCH3 is 1. The van der Waals surface area contributed by atoms with Crippen LogP contribution in [0.1, 0.15) is 27.1 Å². The van der Waals surface area contributed by atoms with E-state index in [-0.39, 0.29) is 5.91 Å². The van der Waals surface area contributed by atoms with Crippen LogP contribution in [0.15, 0.2) is 48.7 Å². The van der Waals surface area contributed by atoms with E-state index in [9.17, 15) is 9.59 Å². The fraction of sp³-hybridized carbons (Fsp3) is 0.227. The Bertz CT molecular complexity index is 1090. The van der Waals surface area contributed by atoms with E-state index in [2.05, 4.69) is 15.2 Å². The number of ether oxygens (including phenoxy) is 3. The number of benzene rings is 2. The van der Waals surface area contributed by atoms with E-state index in [1.807, 2.05) is 18.2 Å². The van der Waals surface area contributed by atoms with Gasteiger partial charge in [-0.25, -0.2) is 4.79 Å². The lowest BCUT2D eigenvalue weighted by atomic mass is 10.1. The van der Waals surface area contributed by atoms with Crippen LogP contribution in [-0.2, 0) is 11.8 Å². The third-order valence-electron chi connectivity index (χ3n) is 4.66. The molecule has 4 rings (SSSR count). The van der Waals surface area contributed by atoms with Gasteiger partial charge in [0.1, 0.15) is 5.69 Å². The minimum atomic E-state index is -0.433. The Morgan fingerprint density at radius 1 is 1.07 bits per heavy atom. The van der Waals surface area contributed by atoms with Crippen molar-refractivity contribution in [3.63, 3.8) is 0 Å². The number of nitrogens with one attached hydrogen (secondary N) is 1. The fourth-order valence-electron chi connectivity index (χ4n) is 3.18. The smallest absolute Gasteiger partial charge is 0.337 e. The molecule has 30 heavy (non-hydrogen) atoms. The molecule has 0 aliphatic carbocycles. The van der Waals surface area contributed by atoms with Gasteiger partial charge in [-0.15, -0.1) is 0 Å². The molecule has 0 fully saturated rings. The monoisotopic (exact) mass is 407 g/mol. The summed E-state index contributed by atoms with van der Waals surface area (Å²) in [5.74, 6) is 0.581. The molecular weight excluding hydrogens is 386 g/mol. The van der Waals surface area contributed by atoms with E-state index in [4.69, 9.17) is 9.47 Å². The number of carbonyl (C=O) groups is 2. The molecule has 0 saturated heterocycles. The lowest BCUT2D eigenvalue weighted by molar-refractivity contribution is 0.0600. The van der Waals surface area contributed by atoms with Crippen LogP contribution in [-0.4, -0.2) is 42.0 Å². The summed E-state index contributed by atoms with van der Waals surface area (Å²) in [7, 11) is 3.08. The zero-order valence-corrected chi connectivity index (χ0v) is 16.7. The Kier molecular flexibility index (Phi) is 5.38. The second-order valence-electron chi connectivity index (χ2n) is 6.80. The minimum Gasteiger partial charge on any atom is -0.490 e. The summed E-state index contributed by atoms with van der Waals surface area (Å²) in [6.07, 6.45) is 2.48. The molecule has 0 spiro atoms. The number of amides is 1. The number of fused-ring (bicyclic) bond motifs is 1. The van der Waals surface area contributed by atoms with Gasteiger partial charge in [-0.2, -0.15) is 5.10 Å². The summed E-state index contributed by atoms with van der Waals surface area (Å²) in [5, 5.41) is 7.30. The van der Waals surface area contributed by atoms with Crippen molar-refractivity contribution >= 4 is 17.6 Å². The SMILES string of the molecule is COC(=O)c1ccc(NC(=O)c2cn(C)nc2-c2ccc3c(c2)OCCCO3)cc1. The molecule has 0 atom stereocenters. The normalized spacial score (nSPS) is 12.7. The van der Waals surface area contributed by atoms with Crippen LogP contribution in [0.25, 0.3) is 11.3 Å². The van der Waals surface area contributed by atoms with Crippen molar-refractivity contribution < 1.29 is 23.8 Å². The summed E-state index contributed by atoms with van der Waals surface area (Å²) >= 11 is 0. The highest BCUT2D eigenvalue weighted by atomic mass is 16.5. The lowest BCUT2D eigenvalue weighted by Crippen LogP contribution is -2.12. The number of esters is 1. The Morgan fingerprint density at radius 3 is 2.53 bits per heavy atom. The first-order valence-corrected chi connectivity index (χ1v) is 9.48. The van der Waals surface area contributed by atoms with Gasteiger partial charge in [-0.05, 0) is 42.5 Å². The van der Waals surface area contributed by atoms with E-state index in [1.165, 1.54) is 7.11 Å². The number of anilines is 1. The van der Waals surface area contributed by atoms with Gasteiger partial charge in [0.25, 0.3) is 5.91 Å². The molecular formula is C22H21N3O5. The topological polar surface area (TPSA) is 91.7 Å². The molecule has 8 heteroatoms. The molecule has 1 aromatic heterocycles. The molecule has 1 N–H and O–H groups in total. The maximum absolute atomic E-state index is 12.9. The number of rotatable bonds is 4. The number of carbonyl (C=O) groups excluding carboxylic acids is 2. The first kappa shape index (κ1) is 19.5. The summed E-state index contributed by atoms with van der Waals surface area (Å²) in [6, 6.07) is 12.0. The van der Waals surface area contributed by atoms with Gasteiger partial charge in [-0.3, -0.25) is 9.48 Å². The quantitative estimate of drug-likeness (QED) is 0.668. The summed E-state index contributed by atoms with van der Waals surface area (Å²) in [4.78, 5) is 24.5. The third-order valence-corrected chi connectivity index (χ3v) is 4.66. The Balaban J connectivity index is 1.59. The molecule has 1 aliphatic rings. The first-order chi connectivity index (χ1) is 14.5. The highest BCUT2D eigenvalue weighted by molar-refractivity contribution is 6.08. The molecule has 0 radical (unpaired) electrons. The number of hydrogen-bond acceptors (Lipinski definition) is 6. The predicted octanol–water partition coefficient (Wildman–Crippen LogP) is 3.29. The van der Waals surface area contributed by atoms with Gasteiger partial charge in [0.05, 0.1) is 31.5 Å². The van der Waals surface area contributed by atoms with Gasteiger partial charge in [0.2, 0.25) is 0 Å². The second kappa shape index (κ2) is 8.28. The average Bonchev–Trinajstić information content (AvgIpc) is 3.00. The van der Waals surface area contributed by atoms with Crippen LogP contribution < -0.4 is 14.8 Å². The largest absolute Gasteiger partial charge is 0.490 e. The average molecular weight is 407 g/mol. The first-order valence-electron chi connectivity index (χ1n) is 9.48. The zero-order chi connectivity index (χ0) is 21.1. The van der Waals surface area contributed by atoms with Crippen molar-refractivity contribution in [2.75, 3.05) is 25.6 Å². The summed E-state index contributed by atoms with van der Waals surface area (Å²) in [5.41, 5.74) is 2.68. The molecule has 1 amide bonds. The van der Waals surface area contributed by atoms with Gasteiger partial charge in [-0.1, -0.05) is 0 Å². The van der Waals surface area contributed by atoms with Crippen molar-refractivity contribution in [3.05, 3.63) is 59.8 Å². The van der Waals surface area contributed by atoms with Crippen LogP contribution in [0.4, 0.5) is 5.69 Å². The van der Waals surface area contributed by atoms with E-state index < -0.39 is 5.97 Å². The van der Waals surface area contributed by atoms with Crippen molar-refractivity contribution in [2.45, 2.75) is 6.42 Å². The number of nitrogens with zero attached hydrogens (tertiary/aromatic N) is 2. The molecule has 8 nitrogen and oxygen atoms in total. The molecule has 2 heterocycles. The van der Waals surface area contributed by atoms with E-state index in [1.54, 1.807) is 42.2 Å². The molecule has 0 bridgehead atoms. The molecule has 0 unspecified atom stereocenters. The van der Waals surface area contributed by atoms with E-state index in [0.717, 1.165) is 12.0 Å². The van der Waals surface area contributed by atoms with Crippen LogP contribution in [0.3, 0.4) is 0 Å². The Labute approximate surface area is 173 Å². The summed E-state index contributed by atoms with van der Waals surface area (Å²) in [6.45, 7) is 1.19. The highest BCUT2D eigenvalue weighted by Crippen LogP contribution is 2.35.